The minimum Gasteiger partial charge on any atom is -0.676 e. The molecular weight excluding hydrogens is 1530 g/mol. The van der Waals surface area contributed by atoms with Gasteiger partial charge in [-0.3, -0.25) is 9.59 Å². The van der Waals surface area contributed by atoms with Gasteiger partial charge in [-0.15, -0.1) is 0 Å². The number of ether oxygens (including phenoxy) is 2. The quantitative estimate of drug-likeness (QED) is 0.0625. The number of allylic oxidation sites excluding steroid dienone is 2. The van der Waals surface area contributed by atoms with E-state index in [4.69, 9.17) is 42.6 Å². The number of halogens is 1. The number of hydrogen-bond acceptors (Lipinski definition) is 8. The molecule has 0 aromatic heterocycles. The zero-order valence-electron chi connectivity index (χ0n) is 57.9. The van der Waals surface area contributed by atoms with Gasteiger partial charge >= 0.3 is 46.1 Å². The molecule has 1 amide bonds. The average Bonchev–Trinajstić information content (AvgIpc) is 1.72. The van der Waals surface area contributed by atoms with Crippen LogP contribution in [0.25, 0.3) is 11.5 Å². The molecule has 0 aliphatic heterocycles. The zero-order chi connectivity index (χ0) is 66.3. The summed E-state index contributed by atoms with van der Waals surface area (Å²) < 4.78 is 11.6. The van der Waals surface area contributed by atoms with Crippen molar-refractivity contribution in [1.29, 1.82) is 0 Å². The second-order valence-corrected chi connectivity index (χ2v) is 32.5. The van der Waals surface area contributed by atoms with E-state index in [2.05, 4.69) is 96.1 Å². The van der Waals surface area contributed by atoms with Crippen LogP contribution < -0.4 is 16.8 Å². The van der Waals surface area contributed by atoms with E-state index in [0.29, 0.717) is 16.2 Å². The maximum absolute atomic E-state index is 12.3. The van der Waals surface area contributed by atoms with Crippen LogP contribution in [0.4, 0.5) is 0 Å². The number of carbonyl (C=O) groups is 4. The largest absolute Gasteiger partial charge is 0.676 e. The Morgan fingerprint density at radius 2 is 0.978 bits per heavy atom. The number of fused-ring (bicyclic) bond motifs is 10. The van der Waals surface area contributed by atoms with Crippen molar-refractivity contribution in [2.45, 2.75) is 311 Å². The predicted octanol–water partition coefficient (Wildman–Crippen LogP) is 17.3. The van der Waals surface area contributed by atoms with Crippen molar-refractivity contribution >= 4 is 33.2 Å². The number of hydrogen-bond donors (Lipinski definition) is 6. The first-order valence-electron chi connectivity index (χ1n) is 36.2. The summed E-state index contributed by atoms with van der Waals surface area (Å²) >= 11 is 1.61. The third-order valence-corrected chi connectivity index (χ3v) is 26.1. The van der Waals surface area contributed by atoms with Crippen LogP contribution in [0.3, 0.4) is 0 Å². The Bertz CT molecular complexity index is 2310. The van der Waals surface area contributed by atoms with Crippen LogP contribution in [0.1, 0.15) is 268 Å². The molecule has 14 nitrogen and oxygen atoms in total. The van der Waals surface area contributed by atoms with Gasteiger partial charge in [0.2, 0.25) is 5.91 Å². The van der Waals surface area contributed by atoms with Gasteiger partial charge in [-0.2, -0.15) is 12.1 Å². The van der Waals surface area contributed by atoms with Crippen LogP contribution in [-0.4, -0.2) is 94.8 Å². The first-order chi connectivity index (χ1) is 42.6. The van der Waals surface area contributed by atoms with Crippen molar-refractivity contribution < 1.29 is 83.8 Å². The molecule has 10 aliphatic carbocycles. The van der Waals surface area contributed by atoms with E-state index in [0.717, 1.165) is 135 Å². The van der Waals surface area contributed by atoms with Gasteiger partial charge in [-0.05, 0) is 208 Å². The van der Waals surface area contributed by atoms with Crippen LogP contribution in [0, 0.1) is 92.7 Å². The van der Waals surface area contributed by atoms with Gasteiger partial charge in [0.05, 0.1) is 18.6 Å². The number of rotatable bonds is 20. The fourth-order valence-electron chi connectivity index (χ4n) is 20.9. The molecule has 8 saturated carbocycles. The van der Waals surface area contributed by atoms with Crippen molar-refractivity contribution in [2.75, 3.05) is 13.2 Å². The molecule has 1 unspecified atom stereocenters. The van der Waals surface area contributed by atoms with Crippen molar-refractivity contribution in [3.8, 4) is 0 Å². The maximum Gasteiger partial charge on any atom is 0 e. The number of carboxylic acids is 3. The van der Waals surface area contributed by atoms with E-state index >= 15 is 0 Å². The molecule has 10 aliphatic rings. The number of carboxylic acid groups (broad SMARTS) is 3. The van der Waals surface area contributed by atoms with Gasteiger partial charge in [0.25, 0.3) is 0 Å². The summed E-state index contributed by atoms with van der Waals surface area (Å²) in [7, 11) is 4.61. The second-order valence-electron chi connectivity index (χ2n) is 32.5. The third kappa shape index (κ3) is 20.9. The Morgan fingerprint density at radius 3 is 1.34 bits per heavy atom. The van der Waals surface area contributed by atoms with E-state index < -0.39 is 36.3 Å². The second kappa shape index (κ2) is 37.1. The first kappa shape index (κ1) is 80.5. The number of aliphatic carboxylic acids is 3. The molecule has 0 aromatic rings. The van der Waals surface area contributed by atoms with Gasteiger partial charge in [-0.25, -0.2) is 9.59 Å². The van der Waals surface area contributed by atoms with Crippen molar-refractivity contribution in [2.24, 2.45) is 104 Å². The minimum absolute atomic E-state index is 0. The molecule has 531 valence electrons. The molecule has 8 fully saturated rings. The van der Waals surface area contributed by atoms with Crippen LogP contribution in [0.2, 0.25) is 0 Å². The van der Waals surface area contributed by atoms with Gasteiger partial charge in [0.1, 0.15) is 19.3 Å². The molecule has 0 saturated heterocycles. The fraction of sp³-hybridized carbons (Fsp3) is 0.892. The predicted molar refractivity (Wildman–Crippen MR) is 360 cm³/mol. The van der Waals surface area contributed by atoms with Crippen molar-refractivity contribution in [3.05, 3.63) is 34.8 Å². The van der Waals surface area contributed by atoms with Crippen LogP contribution in [-0.2, 0) is 68.5 Å². The Hall–Kier alpha value is -1.21. The van der Waals surface area contributed by atoms with E-state index in [1.807, 2.05) is 0 Å². The summed E-state index contributed by atoms with van der Waals surface area (Å²) in [5.41, 5.74) is 30.5. The molecule has 0 heterocycles. The molecule has 91 heavy (non-hydrogen) atoms. The fourth-order valence-corrected chi connectivity index (χ4v) is 20.9. The summed E-state index contributed by atoms with van der Waals surface area (Å²) in [4.78, 5) is 45.4. The molecule has 0 spiro atoms. The number of nitrogens with two attached hydrogens (primary N) is 2. The summed E-state index contributed by atoms with van der Waals surface area (Å²) in [6.07, 6.45) is 41.2. The molecule has 0 aromatic carbocycles. The smallest absolute Gasteiger partial charge is 0 e. The van der Waals surface area contributed by atoms with Gasteiger partial charge in [-0.1, -0.05) is 170 Å². The summed E-state index contributed by atoms with van der Waals surface area (Å²) in [5, 5.41) is 29.3. The van der Waals surface area contributed by atoms with E-state index in [9.17, 15) is 24.3 Å². The zero-order valence-corrected chi connectivity index (χ0v) is 63.2. The molecule has 0 bridgehead atoms. The average molecular weight is 1660 g/mol. The summed E-state index contributed by atoms with van der Waals surface area (Å²) in [5.74, 6) is 5.90. The molecule has 0 radical (unpaired) electrons. The van der Waals surface area contributed by atoms with Gasteiger partial charge in [0.15, 0.2) is 0 Å². The Kier molecular flexibility index (Phi) is 32.8. The Balaban J connectivity index is 0.000000260. The van der Waals surface area contributed by atoms with Crippen molar-refractivity contribution in [3.63, 3.8) is 0 Å². The number of carbonyl (C=O) groups excluding carboxylic acids is 1. The topological polar surface area (TPSA) is 259 Å². The molecule has 10 N–H and O–H groups in total. The molecule has 21 atom stereocenters. The maximum atomic E-state index is 12.3. The van der Waals surface area contributed by atoms with E-state index in [1.54, 1.807) is 24.3 Å². The number of nitrogens with one attached hydrogen (secondary N) is 3. The molecule has 10 rings (SSSR count). The Labute approximate surface area is 581 Å². The molecular formula is C74H127ClN5O9Pt2-2. The van der Waals surface area contributed by atoms with Gasteiger partial charge < -0.3 is 53.0 Å². The summed E-state index contributed by atoms with van der Waals surface area (Å²) in [6, 6.07) is -1.04. The standard InChI is InChI=1S/C33H53NO6.C29H48O3.C6H14N2.C6H12N2.ClH.2Pt/c1-20(2)7-6-8-21(3)25-11-12-26-24-10-9-22-17-23(13-15-32(22,4)27(24)14-16-33(25,26)5)40-19-29(35)34-28(31(38)39)18-30(36)37;1-19(2)7-6-8-20(3)24-11-12-25-23-10-9-21-17-22(32-18-27(30)31)13-15-28(21,4)26(23)14-16-29(24,25)5;2*7-5-3-1-2-4-6(5)8;;;/h9,20-21,23-28H,6-8,10-19H2,1-5H3,(H,34,35)(H,36,37)(H,38,39);9,19-20,22-26H,6-8,10-18H2,1-5H3,(H,30,31);5-6H,1-4,7-8H2;5-8H,1-4H2;1H;;/q;;;-2;;;+1/p-1/t21-,23+,24+,25-,26+,27+,28?,32+,33-;20-,22+,23+,24-,25+,26+,28+,29-;2*5-,6-;;;/m1111.../s1. The van der Waals surface area contributed by atoms with E-state index in [-0.39, 0.29) is 76.1 Å². The normalized spacial score (nSPS) is 37.9. The SMILES string of the molecule is CC(C)CCC[C@@H](C)[C@H]1CC[C@H]2[C@@H]3CC=C4C[C@@H](OCC(=O)NC(CC(=O)O)C(=O)O)CC[C@]4(C)[C@H]3CC[C@]12C.CC(C)CCC[C@@H](C)[C@H]1CC[C@H]2[C@@H]3CC=C4C[C@@H](OCC(=O)O)CC[C@]4(C)[C@H]3CC[C@]12C.N[C@@H]1CCCC[C@H]1N.[Cl][Pt].[NH-][C@@H]1CCCC[C@H]1[NH-].[Pt]. The van der Waals surface area contributed by atoms with Crippen molar-refractivity contribution in [1.82, 2.24) is 5.32 Å². The first-order valence-corrected chi connectivity index (χ1v) is 39.1. The van der Waals surface area contributed by atoms with Crippen LogP contribution in [0.5, 0.6) is 0 Å². The minimum atomic E-state index is -1.45. The monoisotopic (exact) mass is 1650 g/mol. The third-order valence-electron chi connectivity index (χ3n) is 26.1. The van der Waals surface area contributed by atoms with E-state index in [1.165, 1.54) is 134 Å². The Morgan fingerprint density at radius 1 is 0.571 bits per heavy atom. The van der Waals surface area contributed by atoms with Crippen LogP contribution >= 0.6 is 9.42 Å². The molecule has 17 heteroatoms. The number of amides is 1. The summed E-state index contributed by atoms with van der Waals surface area (Å²) in [6.45, 7) is 24.4. The van der Waals surface area contributed by atoms with Gasteiger partial charge in [0, 0.05) is 33.1 Å². The van der Waals surface area contributed by atoms with Crippen LogP contribution in [0.15, 0.2) is 23.3 Å².